The second-order valence-corrected chi connectivity index (χ2v) is 5.45. The van der Waals surface area contributed by atoms with Gasteiger partial charge in [0.15, 0.2) is 0 Å². The fraction of sp³-hybridized carbons (Fsp3) is 0.583. The lowest BCUT2D eigenvalue weighted by atomic mass is 10.1. The molecule has 2 aromatic heterocycles. The second kappa shape index (κ2) is 4.94. The summed E-state index contributed by atoms with van der Waals surface area (Å²) in [6.07, 6.45) is 3.85. The Balaban J connectivity index is 1.95. The molecule has 7 heteroatoms. The predicted molar refractivity (Wildman–Crippen MR) is 74.7 cm³/mol. The third kappa shape index (κ3) is 2.37. The summed E-state index contributed by atoms with van der Waals surface area (Å²) in [7, 11) is 2.14. The van der Waals surface area contributed by atoms with Crippen LogP contribution in [0.2, 0.25) is 5.15 Å². The molecular formula is C12H17ClN6. The highest BCUT2D eigenvalue weighted by Crippen LogP contribution is 2.24. The molecule has 1 atom stereocenters. The monoisotopic (exact) mass is 280 g/mol. The number of halogens is 1. The number of fused-ring (bicyclic) bond motifs is 1. The SMILES string of the molecule is Cc1c(Cl)nc2ncnn2c1NC1CCCN(C)C1. The van der Waals surface area contributed by atoms with Crippen molar-refractivity contribution in [1.82, 2.24) is 24.5 Å². The minimum Gasteiger partial charge on any atom is -0.366 e. The van der Waals surface area contributed by atoms with Crippen LogP contribution in [0.4, 0.5) is 5.82 Å². The molecule has 3 heterocycles. The summed E-state index contributed by atoms with van der Waals surface area (Å²) >= 11 is 6.15. The van der Waals surface area contributed by atoms with Crippen LogP contribution in [0.5, 0.6) is 0 Å². The summed E-state index contributed by atoms with van der Waals surface area (Å²) in [5, 5.41) is 8.24. The van der Waals surface area contributed by atoms with Crippen LogP contribution in [0.25, 0.3) is 5.78 Å². The molecule has 0 saturated carbocycles. The fourth-order valence-corrected chi connectivity index (χ4v) is 2.71. The molecule has 19 heavy (non-hydrogen) atoms. The van der Waals surface area contributed by atoms with Crippen molar-refractivity contribution in [3.05, 3.63) is 17.0 Å². The summed E-state index contributed by atoms with van der Waals surface area (Å²) in [5.41, 5.74) is 0.910. The van der Waals surface area contributed by atoms with Crippen molar-refractivity contribution in [2.24, 2.45) is 0 Å². The lowest BCUT2D eigenvalue weighted by Crippen LogP contribution is -2.40. The lowest BCUT2D eigenvalue weighted by molar-refractivity contribution is 0.260. The molecule has 0 amide bonds. The van der Waals surface area contributed by atoms with Crippen LogP contribution in [0.15, 0.2) is 6.33 Å². The van der Waals surface area contributed by atoms with Gasteiger partial charge in [-0.05, 0) is 33.4 Å². The van der Waals surface area contributed by atoms with Crippen LogP contribution in [-0.2, 0) is 0 Å². The first-order valence-corrected chi connectivity index (χ1v) is 6.84. The number of piperidine rings is 1. The van der Waals surface area contributed by atoms with Crippen LogP contribution >= 0.6 is 11.6 Å². The van der Waals surface area contributed by atoms with Gasteiger partial charge < -0.3 is 10.2 Å². The molecule has 0 bridgehead atoms. The van der Waals surface area contributed by atoms with E-state index in [1.807, 2.05) is 6.92 Å². The first-order chi connectivity index (χ1) is 9.15. The number of anilines is 1. The Morgan fingerprint density at radius 2 is 2.32 bits per heavy atom. The molecule has 1 fully saturated rings. The van der Waals surface area contributed by atoms with Gasteiger partial charge in [0, 0.05) is 18.2 Å². The maximum absolute atomic E-state index is 6.15. The standard InChI is InChI=1S/C12H17ClN6/c1-8-10(13)17-12-14-7-15-19(12)11(8)16-9-4-3-5-18(2)6-9/h7,9,16H,3-6H2,1-2H3. The Morgan fingerprint density at radius 3 is 3.11 bits per heavy atom. The first-order valence-electron chi connectivity index (χ1n) is 6.46. The van der Waals surface area contributed by atoms with Crippen LogP contribution in [-0.4, -0.2) is 50.7 Å². The highest BCUT2D eigenvalue weighted by Gasteiger charge is 2.20. The molecular weight excluding hydrogens is 264 g/mol. The van der Waals surface area contributed by atoms with Crippen molar-refractivity contribution in [2.75, 3.05) is 25.5 Å². The molecule has 1 saturated heterocycles. The minimum absolute atomic E-state index is 0.406. The molecule has 1 unspecified atom stereocenters. The molecule has 0 aromatic carbocycles. The fourth-order valence-electron chi connectivity index (χ4n) is 2.54. The summed E-state index contributed by atoms with van der Waals surface area (Å²) in [5.74, 6) is 1.43. The van der Waals surface area contributed by atoms with Crippen LogP contribution in [0.1, 0.15) is 18.4 Å². The maximum Gasteiger partial charge on any atom is 0.255 e. The Hall–Kier alpha value is -1.40. The zero-order valence-electron chi connectivity index (χ0n) is 11.1. The van der Waals surface area contributed by atoms with E-state index in [4.69, 9.17) is 11.6 Å². The zero-order valence-corrected chi connectivity index (χ0v) is 11.9. The van der Waals surface area contributed by atoms with Crippen LogP contribution in [0.3, 0.4) is 0 Å². The van der Waals surface area contributed by atoms with Gasteiger partial charge in [-0.15, -0.1) is 0 Å². The molecule has 1 aliphatic rings. The van der Waals surface area contributed by atoms with Gasteiger partial charge in [0.25, 0.3) is 5.78 Å². The van der Waals surface area contributed by atoms with Gasteiger partial charge in [-0.25, -0.2) is 0 Å². The largest absolute Gasteiger partial charge is 0.366 e. The van der Waals surface area contributed by atoms with E-state index < -0.39 is 0 Å². The Labute approximate surface area is 116 Å². The van der Waals surface area contributed by atoms with Crippen LogP contribution < -0.4 is 5.32 Å². The molecule has 2 aromatic rings. The predicted octanol–water partition coefficient (Wildman–Crippen LogP) is 1.59. The third-order valence-corrected chi connectivity index (χ3v) is 3.94. The number of nitrogens with one attached hydrogen (secondary N) is 1. The van der Waals surface area contributed by atoms with Crippen LogP contribution in [0, 0.1) is 6.92 Å². The molecule has 1 aliphatic heterocycles. The van der Waals surface area contributed by atoms with Crippen molar-refractivity contribution < 1.29 is 0 Å². The topological polar surface area (TPSA) is 58.4 Å². The summed E-state index contributed by atoms with van der Waals surface area (Å²) in [6, 6.07) is 0.406. The molecule has 0 radical (unpaired) electrons. The maximum atomic E-state index is 6.15. The van der Waals surface area contributed by atoms with Gasteiger partial charge in [-0.2, -0.15) is 19.6 Å². The van der Waals surface area contributed by atoms with E-state index in [-0.39, 0.29) is 0 Å². The Morgan fingerprint density at radius 1 is 1.47 bits per heavy atom. The van der Waals surface area contributed by atoms with Crippen molar-refractivity contribution in [2.45, 2.75) is 25.8 Å². The average molecular weight is 281 g/mol. The van der Waals surface area contributed by atoms with Crippen molar-refractivity contribution in [1.29, 1.82) is 0 Å². The third-order valence-electron chi connectivity index (χ3n) is 3.57. The van der Waals surface area contributed by atoms with Gasteiger partial charge in [0.05, 0.1) is 0 Å². The number of hydrogen-bond donors (Lipinski definition) is 1. The highest BCUT2D eigenvalue weighted by atomic mass is 35.5. The lowest BCUT2D eigenvalue weighted by Gasteiger charge is -2.31. The van der Waals surface area contributed by atoms with E-state index >= 15 is 0 Å². The van der Waals surface area contributed by atoms with E-state index in [0.29, 0.717) is 17.0 Å². The number of likely N-dealkylation sites (N-methyl/N-ethyl adjacent to an activating group) is 1. The number of hydrogen-bond acceptors (Lipinski definition) is 5. The highest BCUT2D eigenvalue weighted by molar-refractivity contribution is 6.30. The number of aromatic nitrogens is 4. The van der Waals surface area contributed by atoms with Gasteiger partial charge >= 0.3 is 0 Å². The van der Waals surface area contributed by atoms with Gasteiger partial charge in [-0.3, -0.25) is 0 Å². The minimum atomic E-state index is 0.406. The average Bonchev–Trinajstić information content (AvgIpc) is 2.83. The molecule has 102 valence electrons. The second-order valence-electron chi connectivity index (χ2n) is 5.09. The number of nitrogens with zero attached hydrogens (tertiary/aromatic N) is 5. The van der Waals surface area contributed by atoms with Gasteiger partial charge in [-0.1, -0.05) is 11.6 Å². The molecule has 1 N–H and O–H groups in total. The summed E-state index contributed by atoms with van der Waals surface area (Å²) in [6.45, 7) is 4.13. The van der Waals surface area contributed by atoms with Crippen molar-refractivity contribution >= 4 is 23.2 Å². The van der Waals surface area contributed by atoms with Crippen molar-refractivity contribution in [3.63, 3.8) is 0 Å². The van der Waals surface area contributed by atoms with E-state index in [2.05, 4.69) is 32.3 Å². The van der Waals surface area contributed by atoms with Crippen molar-refractivity contribution in [3.8, 4) is 0 Å². The molecule has 0 spiro atoms. The number of rotatable bonds is 2. The summed E-state index contributed by atoms with van der Waals surface area (Å²) in [4.78, 5) is 10.6. The molecule has 6 nitrogen and oxygen atoms in total. The van der Waals surface area contributed by atoms with E-state index in [9.17, 15) is 0 Å². The van der Waals surface area contributed by atoms with E-state index in [1.165, 1.54) is 12.7 Å². The Bertz CT molecular complexity index is 595. The first kappa shape index (κ1) is 12.6. The quantitative estimate of drug-likeness (QED) is 0.847. The normalized spacial score (nSPS) is 20.9. The summed E-state index contributed by atoms with van der Waals surface area (Å²) < 4.78 is 1.72. The smallest absolute Gasteiger partial charge is 0.255 e. The van der Waals surface area contributed by atoms with Gasteiger partial charge in [0.1, 0.15) is 17.3 Å². The molecule has 3 rings (SSSR count). The van der Waals surface area contributed by atoms with E-state index in [0.717, 1.165) is 30.9 Å². The van der Waals surface area contributed by atoms with Gasteiger partial charge in [0.2, 0.25) is 0 Å². The zero-order chi connectivity index (χ0) is 13.4. The molecule has 0 aliphatic carbocycles. The Kier molecular flexibility index (Phi) is 3.28. The number of likely N-dealkylation sites (tertiary alicyclic amines) is 1. The van der Waals surface area contributed by atoms with E-state index in [1.54, 1.807) is 4.52 Å².